The number of anilines is 2. The summed E-state index contributed by atoms with van der Waals surface area (Å²) in [4.78, 5) is 26.6. The van der Waals surface area contributed by atoms with Gasteiger partial charge in [-0.15, -0.1) is 0 Å². The Bertz CT molecular complexity index is 1250. The van der Waals surface area contributed by atoms with Gasteiger partial charge in [-0.1, -0.05) is 18.2 Å². The Morgan fingerprint density at radius 1 is 0.722 bits per heavy atom. The van der Waals surface area contributed by atoms with E-state index in [1.54, 1.807) is 32.9 Å². The van der Waals surface area contributed by atoms with E-state index in [0.717, 1.165) is 10.7 Å². The molecule has 0 radical (unpaired) electrons. The van der Waals surface area contributed by atoms with Crippen LogP contribution in [0.25, 0.3) is 0 Å². The molecule has 2 amide bonds. The van der Waals surface area contributed by atoms with Gasteiger partial charge < -0.3 is 5.32 Å². The molecule has 5 nitrogen and oxygen atoms in total. The zero-order valence-corrected chi connectivity index (χ0v) is 20.0. The summed E-state index contributed by atoms with van der Waals surface area (Å²) in [6.07, 6.45) is 0. The first kappa shape index (κ1) is 26.7. The molecule has 0 aliphatic rings. The van der Waals surface area contributed by atoms with Gasteiger partial charge in [0, 0.05) is 23.5 Å². The number of para-hydroxylation sites is 1. The maximum Gasteiger partial charge on any atom is 0.278 e. The highest BCUT2D eigenvalue weighted by Gasteiger charge is 2.39. The summed E-state index contributed by atoms with van der Waals surface area (Å²) in [6, 6.07) is 15.5. The number of hydrogen-bond donors (Lipinski definition) is 1. The van der Waals surface area contributed by atoms with Gasteiger partial charge in [-0.2, -0.15) is 0 Å². The van der Waals surface area contributed by atoms with Crippen LogP contribution >= 0.6 is 0 Å². The van der Waals surface area contributed by atoms with Crippen molar-refractivity contribution in [2.75, 3.05) is 11.9 Å². The van der Waals surface area contributed by atoms with Crippen molar-refractivity contribution in [2.24, 2.45) is 0 Å². The average molecular weight is 505 g/mol. The minimum atomic E-state index is -2.38. The van der Waals surface area contributed by atoms with Crippen LogP contribution in [-0.2, 0) is 0 Å². The minimum absolute atomic E-state index is 0.132. The third-order valence-corrected chi connectivity index (χ3v) is 5.22. The molecule has 36 heavy (non-hydrogen) atoms. The van der Waals surface area contributed by atoms with Crippen molar-refractivity contribution >= 4 is 23.2 Å². The Morgan fingerprint density at radius 3 is 1.67 bits per heavy atom. The largest absolute Gasteiger partial charge is 0.356 e. The lowest BCUT2D eigenvalue weighted by atomic mass is 10.1. The van der Waals surface area contributed by atoms with Crippen molar-refractivity contribution in [1.82, 2.24) is 10.0 Å². The van der Waals surface area contributed by atoms with Gasteiger partial charge in [0.2, 0.25) is 5.82 Å². The van der Waals surface area contributed by atoms with Crippen LogP contribution in [0.2, 0.25) is 0 Å². The van der Waals surface area contributed by atoms with Crippen LogP contribution in [0.1, 0.15) is 48.4 Å². The summed E-state index contributed by atoms with van der Waals surface area (Å²) in [5.74, 6) is -13.7. The number of nitrogens with one attached hydrogen (secondary N) is 1. The number of halogens is 5. The third-order valence-electron chi connectivity index (χ3n) is 5.22. The Labute approximate surface area is 205 Å². The van der Waals surface area contributed by atoms with Crippen LogP contribution in [0.5, 0.6) is 0 Å². The van der Waals surface area contributed by atoms with Gasteiger partial charge in [0.05, 0.1) is 5.54 Å². The second-order valence-corrected chi connectivity index (χ2v) is 8.82. The lowest BCUT2D eigenvalue weighted by molar-refractivity contribution is -0.0416. The summed E-state index contributed by atoms with van der Waals surface area (Å²) in [5, 5.41) is 4.76. The van der Waals surface area contributed by atoms with Gasteiger partial charge in [-0.3, -0.25) is 9.59 Å². The molecule has 0 spiro atoms. The van der Waals surface area contributed by atoms with Gasteiger partial charge in [0.15, 0.2) is 23.3 Å². The van der Waals surface area contributed by atoms with E-state index in [0.29, 0.717) is 10.7 Å². The molecule has 0 heterocycles. The Balaban J connectivity index is 1.98. The fraction of sp³-hybridized carbons (Fsp3) is 0.231. The quantitative estimate of drug-likeness (QED) is 0.188. The maximum atomic E-state index is 14.4. The van der Waals surface area contributed by atoms with Crippen LogP contribution in [-0.4, -0.2) is 33.9 Å². The summed E-state index contributed by atoms with van der Waals surface area (Å²) in [5.41, 5.74) is -1.14. The molecule has 0 saturated carbocycles. The Kier molecular flexibility index (Phi) is 7.66. The molecule has 0 saturated heterocycles. The molecule has 3 rings (SSSR count). The molecule has 0 fully saturated rings. The molecule has 0 unspecified atom stereocenters. The van der Waals surface area contributed by atoms with Crippen molar-refractivity contribution in [3.63, 3.8) is 0 Å². The first-order valence-corrected chi connectivity index (χ1v) is 11.0. The van der Waals surface area contributed by atoms with E-state index in [1.165, 1.54) is 19.1 Å². The molecule has 0 bridgehead atoms. The van der Waals surface area contributed by atoms with Crippen LogP contribution < -0.4 is 5.32 Å². The lowest BCUT2D eigenvalue weighted by Crippen LogP contribution is -2.58. The van der Waals surface area contributed by atoms with E-state index >= 15 is 0 Å². The van der Waals surface area contributed by atoms with Crippen molar-refractivity contribution in [2.45, 2.75) is 33.2 Å². The van der Waals surface area contributed by atoms with E-state index in [2.05, 4.69) is 5.32 Å². The van der Waals surface area contributed by atoms with Gasteiger partial charge in [-0.25, -0.2) is 32.0 Å². The van der Waals surface area contributed by atoms with E-state index in [-0.39, 0.29) is 12.1 Å². The third kappa shape index (κ3) is 5.17. The standard InChI is InChI=1S/C26H24F5N3O2/c1-5-33(25(36)18-19(27)21(29)23(31)22(30)20(18)28)34(26(2,3)4)24(35)15-11-13-17(14-12-15)32-16-9-7-6-8-10-16/h6-14,32H,5H2,1-4H3. The molecule has 3 aromatic rings. The number of hydrazine groups is 1. The number of nitrogens with zero attached hydrogens (tertiary/aromatic N) is 2. The number of hydrogen-bond acceptors (Lipinski definition) is 3. The smallest absolute Gasteiger partial charge is 0.278 e. The van der Waals surface area contributed by atoms with Crippen molar-refractivity contribution in [1.29, 1.82) is 0 Å². The van der Waals surface area contributed by atoms with Gasteiger partial charge >= 0.3 is 0 Å². The van der Waals surface area contributed by atoms with Crippen molar-refractivity contribution in [3.05, 3.63) is 94.8 Å². The molecular formula is C26H24F5N3O2. The second kappa shape index (κ2) is 10.3. The van der Waals surface area contributed by atoms with E-state index in [1.807, 2.05) is 30.3 Å². The molecule has 0 aromatic heterocycles. The van der Waals surface area contributed by atoms with E-state index < -0.39 is 52.0 Å². The zero-order chi connectivity index (χ0) is 26.8. The molecule has 1 N–H and O–H groups in total. The SMILES string of the molecule is CCN(C(=O)c1c(F)c(F)c(F)c(F)c1F)N(C(=O)c1ccc(Nc2ccccc2)cc1)C(C)(C)C. The van der Waals surface area contributed by atoms with Gasteiger partial charge in [0.25, 0.3) is 11.8 Å². The number of rotatable bonds is 5. The predicted molar refractivity (Wildman–Crippen MR) is 125 cm³/mol. The van der Waals surface area contributed by atoms with E-state index in [4.69, 9.17) is 0 Å². The molecule has 0 atom stereocenters. The molecule has 10 heteroatoms. The summed E-state index contributed by atoms with van der Waals surface area (Å²) in [7, 11) is 0. The molecule has 190 valence electrons. The highest BCUT2D eigenvalue weighted by molar-refractivity contribution is 6.00. The monoisotopic (exact) mass is 505 g/mol. The average Bonchev–Trinajstić information content (AvgIpc) is 2.84. The molecule has 3 aromatic carbocycles. The fourth-order valence-corrected chi connectivity index (χ4v) is 3.58. The van der Waals surface area contributed by atoms with Crippen LogP contribution in [0.4, 0.5) is 33.3 Å². The number of benzene rings is 3. The first-order chi connectivity index (χ1) is 16.9. The number of carbonyl (C=O) groups excluding carboxylic acids is 2. The predicted octanol–water partition coefficient (Wildman–Crippen LogP) is 6.44. The van der Waals surface area contributed by atoms with Crippen molar-refractivity contribution in [3.8, 4) is 0 Å². The normalized spacial score (nSPS) is 11.2. The maximum absolute atomic E-state index is 14.4. The highest BCUT2D eigenvalue weighted by Crippen LogP contribution is 2.28. The van der Waals surface area contributed by atoms with Crippen LogP contribution in [0.3, 0.4) is 0 Å². The summed E-state index contributed by atoms with van der Waals surface area (Å²) >= 11 is 0. The fourth-order valence-electron chi connectivity index (χ4n) is 3.58. The number of amides is 2. The first-order valence-electron chi connectivity index (χ1n) is 11.0. The van der Waals surface area contributed by atoms with Gasteiger partial charge in [0.1, 0.15) is 5.56 Å². The molecular weight excluding hydrogens is 481 g/mol. The number of carbonyl (C=O) groups is 2. The Hall–Kier alpha value is -3.95. The van der Waals surface area contributed by atoms with E-state index in [9.17, 15) is 31.5 Å². The Morgan fingerprint density at radius 2 is 1.19 bits per heavy atom. The summed E-state index contributed by atoms with van der Waals surface area (Å²) < 4.78 is 69.8. The topological polar surface area (TPSA) is 52.7 Å². The highest BCUT2D eigenvalue weighted by atomic mass is 19.2. The minimum Gasteiger partial charge on any atom is -0.356 e. The van der Waals surface area contributed by atoms with Crippen LogP contribution in [0, 0.1) is 29.1 Å². The van der Waals surface area contributed by atoms with Crippen molar-refractivity contribution < 1.29 is 31.5 Å². The lowest BCUT2D eigenvalue weighted by Gasteiger charge is -2.43. The summed E-state index contributed by atoms with van der Waals surface area (Å²) in [6.45, 7) is 5.79. The molecule has 0 aliphatic carbocycles. The van der Waals surface area contributed by atoms with Gasteiger partial charge in [-0.05, 0) is 64.1 Å². The second-order valence-electron chi connectivity index (χ2n) is 8.82. The van der Waals surface area contributed by atoms with Crippen LogP contribution in [0.15, 0.2) is 54.6 Å². The zero-order valence-electron chi connectivity index (χ0n) is 20.0. The molecule has 0 aliphatic heterocycles.